The minimum Gasteiger partial charge on any atom is -0.382 e. The van der Waals surface area contributed by atoms with Crippen molar-refractivity contribution in [2.45, 2.75) is 31.9 Å². The standard InChI is InChI=1S/C14H17ClN2O2/c1-10(19-2)7-8-17-12-6-4-3-5-11(12)14(18)16-13(17)9-15/h3-6,10H,7-9H2,1-2H3. The van der Waals surface area contributed by atoms with Crippen LogP contribution in [0.3, 0.4) is 0 Å². The van der Waals surface area contributed by atoms with Crippen molar-refractivity contribution in [3.8, 4) is 0 Å². The molecule has 0 aliphatic heterocycles. The van der Waals surface area contributed by atoms with Crippen LogP contribution in [-0.4, -0.2) is 22.8 Å². The van der Waals surface area contributed by atoms with E-state index in [-0.39, 0.29) is 17.5 Å². The molecule has 0 amide bonds. The Kier molecular flexibility index (Phi) is 4.56. The molecule has 1 heterocycles. The Balaban J connectivity index is 2.50. The van der Waals surface area contributed by atoms with Crippen molar-refractivity contribution in [2.24, 2.45) is 0 Å². The van der Waals surface area contributed by atoms with Crippen molar-refractivity contribution in [3.05, 3.63) is 40.4 Å². The SMILES string of the molecule is COC(C)CCn1c(CCl)nc(=O)c2ccccc21. The summed E-state index contributed by atoms with van der Waals surface area (Å²) in [7, 11) is 1.69. The highest BCUT2D eigenvalue weighted by Crippen LogP contribution is 2.14. The van der Waals surface area contributed by atoms with Gasteiger partial charge >= 0.3 is 0 Å². The third kappa shape index (κ3) is 2.96. The molecule has 5 heteroatoms. The number of fused-ring (bicyclic) bond motifs is 1. The molecule has 1 aromatic heterocycles. The third-order valence-electron chi connectivity index (χ3n) is 3.25. The summed E-state index contributed by atoms with van der Waals surface area (Å²) in [5.41, 5.74) is 0.656. The smallest absolute Gasteiger partial charge is 0.280 e. The number of hydrogen-bond donors (Lipinski definition) is 0. The molecule has 102 valence electrons. The highest BCUT2D eigenvalue weighted by Gasteiger charge is 2.10. The van der Waals surface area contributed by atoms with Gasteiger partial charge in [0, 0.05) is 13.7 Å². The molecular weight excluding hydrogens is 264 g/mol. The fourth-order valence-corrected chi connectivity index (χ4v) is 2.25. The number of aryl methyl sites for hydroxylation is 1. The molecule has 0 saturated carbocycles. The predicted octanol–water partition coefficient (Wildman–Crippen LogP) is 2.56. The van der Waals surface area contributed by atoms with Crippen molar-refractivity contribution >= 4 is 22.5 Å². The number of halogens is 1. The topological polar surface area (TPSA) is 44.1 Å². The van der Waals surface area contributed by atoms with Gasteiger partial charge in [-0.15, -0.1) is 11.6 Å². The molecule has 2 rings (SSSR count). The van der Waals surface area contributed by atoms with E-state index in [1.54, 1.807) is 13.2 Å². The summed E-state index contributed by atoms with van der Waals surface area (Å²) >= 11 is 5.90. The van der Waals surface area contributed by atoms with Crippen molar-refractivity contribution in [2.75, 3.05) is 7.11 Å². The number of alkyl halides is 1. The largest absolute Gasteiger partial charge is 0.382 e. The highest BCUT2D eigenvalue weighted by atomic mass is 35.5. The molecule has 4 nitrogen and oxygen atoms in total. The summed E-state index contributed by atoms with van der Waals surface area (Å²) in [5.74, 6) is 0.829. The first-order chi connectivity index (χ1) is 9.17. The second-order valence-corrected chi connectivity index (χ2v) is 4.74. The lowest BCUT2D eigenvalue weighted by molar-refractivity contribution is 0.107. The summed E-state index contributed by atoms with van der Waals surface area (Å²) in [6.07, 6.45) is 0.996. The minimum absolute atomic E-state index is 0.154. The van der Waals surface area contributed by atoms with Gasteiger partial charge in [0.05, 0.1) is 22.9 Å². The second-order valence-electron chi connectivity index (χ2n) is 4.47. The lowest BCUT2D eigenvalue weighted by atomic mass is 10.2. The fourth-order valence-electron chi connectivity index (χ4n) is 2.05. The first-order valence-electron chi connectivity index (χ1n) is 6.24. The molecule has 1 unspecified atom stereocenters. The lowest BCUT2D eigenvalue weighted by Gasteiger charge is -2.16. The van der Waals surface area contributed by atoms with Crippen molar-refractivity contribution < 1.29 is 4.74 Å². The number of rotatable bonds is 5. The van der Waals surface area contributed by atoms with Crippen LogP contribution in [0.1, 0.15) is 19.2 Å². The number of benzene rings is 1. The molecule has 19 heavy (non-hydrogen) atoms. The van der Waals surface area contributed by atoms with Crippen LogP contribution in [0.4, 0.5) is 0 Å². The Bertz CT molecular complexity index is 624. The zero-order valence-electron chi connectivity index (χ0n) is 11.1. The first-order valence-corrected chi connectivity index (χ1v) is 6.78. The van der Waals surface area contributed by atoms with E-state index >= 15 is 0 Å². The predicted molar refractivity (Wildman–Crippen MR) is 76.6 cm³/mol. The number of methoxy groups -OCH3 is 1. The van der Waals surface area contributed by atoms with Gasteiger partial charge in [-0.2, -0.15) is 4.98 Å². The van der Waals surface area contributed by atoms with Crippen LogP contribution < -0.4 is 5.56 Å². The van der Waals surface area contributed by atoms with Crippen LogP contribution in [0.15, 0.2) is 29.1 Å². The van der Waals surface area contributed by atoms with Gasteiger partial charge in [0.1, 0.15) is 5.82 Å². The molecule has 0 spiro atoms. The van der Waals surface area contributed by atoms with Gasteiger partial charge < -0.3 is 9.30 Å². The van der Waals surface area contributed by atoms with Gasteiger partial charge in [-0.1, -0.05) is 12.1 Å². The van der Waals surface area contributed by atoms with Crippen molar-refractivity contribution in [1.82, 2.24) is 9.55 Å². The molecule has 0 N–H and O–H groups in total. The Labute approximate surface area is 117 Å². The van der Waals surface area contributed by atoms with E-state index in [0.717, 1.165) is 18.5 Å². The molecule has 0 fully saturated rings. The van der Waals surface area contributed by atoms with Gasteiger partial charge in [0.25, 0.3) is 5.56 Å². The van der Waals surface area contributed by atoms with Crippen molar-refractivity contribution in [1.29, 1.82) is 0 Å². The molecular formula is C14H17ClN2O2. The van der Waals surface area contributed by atoms with Gasteiger partial charge in [0.2, 0.25) is 0 Å². The number of ether oxygens (including phenoxy) is 1. The first kappa shape index (κ1) is 14.0. The summed E-state index contributed by atoms with van der Waals surface area (Å²) in [5, 5.41) is 0.626. The highest BCUT2D eigenvalue weighted by molar-refractivity contribution is 6.16. The van der Waals surface area contributed by atoms with Crippen LogP contribution >= 0.6 is 11.6 Å². The average Bonchev–Trinajstić information content (AvgIpc) is 2.45. The molecule has 1 atom stereocenters. The second kappa shape index (κ2) is 6.17. The molecule has 0 aliphatic carbocycles. The minimum atomic E-state index is -0.220. The van der Waals surface area contributed by atoms with Crippen LogP contribution in [0.25, 0.3) is 10.9 Å². The Hall–Kier alpha value is -1.39. The van der Waals surface area contributed by atoms with Crippen LogP contribution in [0.2, 0.25) is 0 Å². The van der Waals surface area contributed by atoms with Gasteiger partial charge in [-0.05, 0) is 25.5 Å². The Morgan fingerprint density at radius 2 is 2.16 bits per heavy atom. The maximum absolute atomic E-state index is 11.9. The Morgan fingerprint density at radius 1 is 1.42 bits per heavy atom. The van der Waals surface area contributed by atoms with E-state index in [0.29, 0.717) is 11.2 Å². The maximum Gasteiger partial charge on any atom is 0.280 e. The van der Waals surface area contributed by atoms with E-state index in [4.69, 9.17) is 16.3 Å². The van der Waals surface area contributed by atoms with E-state index in [1.807, 2.05) is 29.7 Å². The molecule has 1 aromatic carbocycles. The van der Waals surface area contributed by atoms with E-state index < -0.39 is 0 Å². The van der Waals surface area contributed by atoms with Gasteiger partial charge in [0.15, 0.2) is 0 Å². The van der Waals surface area contributed by atoms with Crippen molar-refractivity contribution in [3.63, 3.8) is 0 Å². The quantitative estimate of drug-likeness (QED) is 0.791. The monoisotopic (exact) mass is 280 g/mol. The number of hydrogen-bond acceptors (Lipinski definition) is 3. The molecule has 2 aromatic rings. The molecule has 0 saturated heterocycles. The average molecular weight is 281 g/mol. The zero-order chi connectivity index (χ0) is 13.8. The maximum atomic E-state index is 11.9. The van der Waals surface area contributed by atoms with Crippen LogP contribution in [-0.2, 0) is 17.2 Å². The van der Waals surface area contributed by atoms with Crippen LogP contribution in [0.5, 0.6) is 0 Å². The number of nitrogens with zero attached hydrogens (tertiary/aromatic N) is 2. The summed E-state index contributed by atoms with van der Waals surface area (Å²) in [6, 6.07) is 7.47. The Morgan fingerprint density at radius 3 is 2.84 bits per heavy atom. The summed E-state index contributed by atoms with van der Waals surface area (Å²) < 4.78 is 7.25. The summed E-state index contributed by atoms with van der Waals surface area (Å²) in [4.78, 5) is 16.0. The molecule has 0 radical (unpaired) electrons. The fraction of sp³-hybridized carbons (Fsp3) is 0.429. The summed E-state index contributed by atoms with van der Waals surface area (Å²) in [6.45, 7) is 2.74. The third-order valence-corrected chi connectivity index (χ3v) is 3.49. The number of aromatic nitrogens is 2. The van der Waals surface area contributed by atoms with Crippen LogP contribution in [0, 0.1) is 0 Å². The van der Waals surface area contributed by atoms with Gasteiger partial charge in [-0.25, -0.2) is 0 Å². The van der Waals surface area contributed by atoms with E-state index in [9.17, 15) is 4.79 Å². The van der Waals surface area contributed by atoms with E-state index in [1.165, 1.54) is 0 Å². The number of para-hydroxylation sites is 1. The molecule has 0 aliphatic rings. The van der Waals surface area contributed by atoms with E-state index in [2.05, 4.69) is 4.98 Å². The normalized spacial score (nSPS) is 12.8. The molecule has 0 bridgehead atoms. The lowest BCUT2D eigenvalue weighted by Crippen LogP contribution is -2.20. The zero-order valence-corrected chi connectivity index (χ0v) is 11.9. The van der Waals surface area contributed by atoms with Gasteiger partial charge in [-0.3, -0.25) is 4.79 Å².